The van der Waals surface area contributed by atoms with E-state index >= 15 is 4.39 Å². The minimum atomic E-state index is -2.15. The molecule has 12 heteroatoms. The smallest absolute Gasteiger partial charge is 0.410 e. The van der Waals surface area contributed by atoms with Crippen LogP contribution in [0.4, 0.5) is 14.9 Å². The molecule has 1 fully saturated rings. The number of nitrogens with one attached hydrogen (secondary N) is 2. The van der Waals surface area contributed by atoms with Crippen molar-refractivity contribution < 1.29 is 27.5 Å². The molecule has 0 spiro atoms. The van der Waals surface area contributed by atoms with Gasteiger partial charge in [-0.25, -0.2) is 9.18 Å². The van der Waals surface area contributed by atoms with E-state index in [1.54, 1.807) is 49.9 Å². The molecule has 2 aromatic carbocycles. The highest BCUT2D eigenvalue weighted by molar-refractivity contribution is 7.79. The molecule has 1 heterocycles. The molecule has 1 aliphatic rings. The maximum atomic E-state index is 15.2. The predicted octanol–water partition coefficient (Wildman–Crippen LogP) is 5.35. The first kappa shape index (κ1) is 35.9. The Morgan fingerprint density at radius 2 is 1.89 bits per heavy atom. The van der Waals surface area contributed by atoms with Crippen molar-refractivity contribution in [3.05, 3.63) is 64.4 Å². The lowest BCUT2D eigenvalue weighted by Crippen LogP contribution is -2.59. The van der Waals surface area contributed by atoms with Crippen molar-refractivity contribution in [3.8, 4) is 0 Å². The van der Waals surface area contributed by atoms with E-state index in [2.05, 4.69) is 10.6 Å². The molecule has 2 aromatic rings. The number of benzene rings is 2. The van der Waals surface area contributed by atoms with Gasteiger partial charge in [-0.3, -0.25) is 9.00 Å². The van der Waals surface area contributed by atoms with Gasteiger partial charge in [0.05, 0.1) is 6.04 Å². The van der Waals surface area contributed by atoms with Crippen LogP contribution in [-0.4, -0.2) is 68.2 Å². The number of carbonyl (C=O) groups is 2. The molecule has 0 bridgehead atoms. The fourth-order valence-corrected chi connectivity index (χ4v) is 6.14. The van der Waals surface area contributed by atoms with E-state index in [1.165, 1.54) is 6.07 Å². The standard InChI is InChI=1S/C32H46ClFN4O5S/c1-20(2)28(21-11-13-22(33)14-12-21)29(35)30(39)37-27-10-6-9-26(34)25(27)16-15-23-19-38(31(40)43-32(3,4)5)24(18-36-23)8-7-17-44(41)42/h6,9-14,20,23-24,28-29,36H,7-8,15-19,35H2,1-5H3,(H,37,39)(H,41,42)/p-1/t23?,24?,28-,29+/m1/s1. The van der Waals surface area contributed by atoms with Crippen LogP contribution in [-0.2, 0) is 27.0 Å². The Bertz CT molecular complexity index is 1290. The summed E-state index contributed by atoms with van der Waals surface area (Å²) in [6.45, 7) is 10.1. The molecule has 0 aliphatic carbocycles. The molecule has 3 unspecified atom stereocenters. The summed E-state index contributed by atoms with van der Waals surface area (Å²) in [7, 11) is 0. The van der Waals surface area contributed by atoms with Gasteiger partial charge in [0.25, 0.3) is 0 Å². The highest BCUT2D eigenvalue weighted by atomic mass is 35.5. The molecule has 5 atom stereocenters. The van der Waals surface area contributed by atoms with Crippen molar-refractivity contribution in [2.24, 2.45) is 11.7 Å². The van der Waals surface area contributed by atoms with Crippen LogP contribution in [0, 0.1) is 11.7 Å². The Morgan fingerprint density at radius 1 is 1.20 bits per heavy atom. The summed E-state index contributed by atoms with van der Waals surface area (Å²) >= 11 is 3.90. The van der Waals surface area contributed by atoms with Crippen molar-refractivity contribution in [2.45, 2.75) is 89.9 Å². The highest BCUT2D eigenvalue weighted by Crippen LogP contribution is 2.30. The largest absolute Gasteiger partial charge is 0.772 e. The fraction of sp³-hybridized carbons (Fsp3) is 0.562. The van der Waals surface area contributed by atoms with E-state index in [9.17, 15) is 18.4 Å². The Labute approximate surface area is 267 Å². The van der Waals surface area contributed by atoms with Crippen LogP contribution in [0.1, 0.15) is 70.9 Å². The molecule has 2 amide bonds. The SMILES string of the molecule is CC(C)[C@H](c1ccc(Cl)cc1)[C@H](N)C(=O)Nc1cccc(F)c1CCC1CN(C(=O)OC(C)(C)C)C(CCCS(=O)[O-])CN1. The number of nitrogens with two attached hydrogens (primary N) is 1. The van der Waals surface area contributed by atoms with Gasteiger partial charge in [-0.2, -0.15) is 0 Å². The summed E-state index contributed by atoms with van der Waals surface area (Å²) in [5, 5.41) is 6.88. The third-order valence-electron chi connectivity index (χ3n) is 7.76. The zero-order chi connectivity index (χ0) is 32.6. The molecule has 0 radical (unpaired) electrons. The lowest BCUT2D eigenvalue weighted by molar-refractivity contribution is -0.118. The Morgan fingerprint density at radius 3 is 2.50 bits per heavy atom. The quantitative estimate of drug-likeness (QED) is 0.263. The molecule has 4 N–H and O–H groups in total. The normalized spacial score (nSPS) is 19.4. The summed E-state index contributed by atoms with van der Waals surface area (Å²) in [6.07, 6.45) is 1.23. The lowest BCUT2D eigenvalue weighted by atomic mass is 9.82. The molecular formula is C32H45ClFN4O5S-. The van der Waals surface area contributed by atoms with Crippen LogP contribution in [0.5, 0.6) is 0 Å². The second-order valence-electron chi connectivity index (χ2n) is 12.7. The van der Waals surface area contributed by atoms with Crippen molar-refractivity contribution in [1.29, 1.82) is 0 Å². The van der Waals surface area contributed by atoms with Crippen LogP contribution in [0.3, 0.4) is 0 Å². The topological polar surface area (TPSA) is 137 Å². The van der Waals surface area contributed by atoms with Crippen molar-refractivity contribution in [3.63, 3.8) is 0 Å². The molecular weight excluding hydrogens is 607 g/mol. The first-order valence-electron chi connectivity index (χ1n) is 15.0. The van der Waals surface area contributed by atoms with Gasteiger partial charge in [-0.1, -0.05) is 54.7 Å². The Kier molecular flexibility index (Phi) is 13.2. The number of carbonyl (C=O) groups excluding carboxylic acids is 2. The first-order chi connectivity index (χ1) is 20.7. The molecule has 3 rings (SSSR count). The van der Waals surface area contributed by atoms with E-state index in [1.807, 2.05) is 26.0 Å². The average Bonchev–Trinajstić information content (AvgIpc) is 2.93. The van der Waals surface area contributed by atoms with Crippen LogP contribution >= 0.6 is 11.6 Å². The van der Waals surface area contributed by atoms with Gasteiger partial charge >= 0.3 is 6.09 Å². The van der Waals surface area contributed by atoms with Crippen LogP contribution in [0.25, 0.3) is 0 Å². The number of hydrogen-bond donors (Lipinski definition) is 3. The van der Waals surface area contributed by atoms with E-state index in [-0.39, 0.29) is 29.7 Å². The van der Waals surface area contributed by atoms with E-state index in [4.69, 9.17) is 22.1 Å². The number of ether oxygens (including phenoxy) is 1. The zero-order valence-corrected chi connectivity index (χ0v) is 27.7. The third-order valence-corrected chi connectivity index (χ3v) is 8.63. The van der Waals surface area contributed by atoms with Crippen molar-refractivity contribution >= 4 is 40.4 Å². The third kappa shape index (κ3) is 10.5. The lowest BCUT2D eigenvalue weighted by Gasteiger charge is -2.41. The van der Waals surface area contributed by atoms with Crippen LogP contribution in [0.2, 0.25) is 5.02 Å². The minimum absolute atomic E-state index is 0.0190. The molecule has 244 valence electrons. The summed E-state index contributed by atoms with van der Waals surface area (Å²) in [5.74, 6) is -1.07. The van der Waals surface area contributed by atoms with Gasteiger partial charge in [0, 0.05) is 53.1 Å². The van der Waals surface area contributed by atoms with Crippen molar-refractivity contribution in [1.82, 2.24) is 10.2 Å². The molecule has 1 saturated heterocycles. The van der Waals surface area contributed by atoms with E-state index < -0.39 is 40.5 Å². The summed E-state index contributed by atoms with van der Waals surface area (Å²) < 4.78 is 42.8. The van der Waals surface area contributed by atoms with Gasteiger partial charge in [-0.05, 0) is 82.2 Å². The maximum absolute atomic E-state index is 15.2. The Hall–Kier alpha value is -2.57. The number of hydrogen-bond acceptors (Lipinski definition) is 7. The second-order valence-corrected chi connectivity index (χ2v) is 14.1. The van der Waals surface area contributed by atoms with Crippen molar-refractivity contribution in [2.75, 3.05) is 24.2 Å². The monoisotopic (exact) mass is 651 g/mol. The summed E-state index contributed by atoms with van der Waals surface area (Å²) in [4.78, 5) is 28.1. The van der Waals surface area contributed by atoms with Gasteiger partial charge in [0.1, 0.15) is 11.4 Å². The fourth-order valence-electron chi connectivity index (χ4n) is 5.62. The van der Waals surface area contributed by atoms with E-state index in [0.717, 1.165) is 5.56 Å². The predicted molar refractivity (Wildman–Crippen MR) is 172 cm³/mol. The number of rotatable bonds is 12. The summed E-state index contributed by atoms with van der Waals surface area (Å²) in [5.41, 5.74) is 7.39. The zero-order valence-electron chi connectivity index (χ0n) is 26.1. The second kappa shape index (κ2) is 16.1. The van der Waals surface area contributed by atoms with Gasteiger partial charge in [0.15, 0.2) is 0 Å². The van der Waals surface area contributed by atoms with Gasteiger partial charge in [0.2, 0.25) is 5.91 Å². The number of piperazine rings is 1. The Balaban J connectivity index is 1.71. The minimum Gasteiger partial charge on any atom is -0.772 e. The molecule has 44 heavy (non-hydrogen) atoms. The number of amides is 2. The maximum Gasteiger partial charge on any atom is 0.410 e. The van der Waals surface area contributed by atoms with Gasteiger partial charge in [-0.15, -0.1) is 0 Å². The molecule has 1 aliphatic heterocycles. The van der Waals surface area contributed by atoms with Crippen LogP contribution in [0.15, 0.2) is 42.5 Å². The molecule has 0 aromatic heterocycles. The first-order valence-corrected chi connectivity index (χ1v) is 16.7. The molecule has 9 nitrogen and oxygen atoms in total. The number of nitrogens with zero attached hydrogens (tertiary/aromatic N) is 1. The van der Waals surface area contributed by atoms with E-state index in [0.29, 0.717) is 55.0 Å². The highest BCUT2D eigenvalue weighted by Gasteiger charge is 2.34. The summed E-state index contributed by atoms with van der Waals surface area (Å²) in [6, 6.07) is 10.5. The number of anilines is 1. The average molecular weight is 652 g/mol. The van der Waals surface area contributed by atoms with Crippen LogP contribution < -0.4 is 16.4 Å². The van der Waals surface area contributed by atoms with Gasteiger partial charge < -0.3 is 30.6 Å². The number of halogens is 2. The molecule has 0 saturated carbocycles.